The Morgan fingerprint density at radius 2 is 1.53 bits per heavy atom. The van der Waals surface area contributed by atoms with E-state index < -0.39 is 0 Å². The minimum Gasteiger partial charge on any atom is -0.371 e. The molecule has 1 aliphatic rings. The summed E-state index contributed by atoms with van der Waals surface area (Å²) in [5.41, 5.74) is 7.18. The standard InChI is InChI=1S/C11H16N2.2ClH/c12-10-6-8-13(9-7-10)11-4-2-1-3-5-11;;/h1-5,10H,6-9,12H2;2*1H. The van der Waals surface area contributed by atoms with Crippen molar-refractivity contribution in [3.05, 3.63) is 30.3 Å². The zero-order valence-electron chi connectivity index (χ0n) is 8.63. The molecular formula is C11H18Cl2N2. The van der Waals surface area contributed by atoms with Crippen LogP contribution in [0, 0.1) is 0 Å². The fourth-order valence-corrected chi connectivity index (χ4v) is 1.80. The van der Waals surface area contributed by atoms with Crippen LogP contribution in [-0.2, 0) is 0 Å². The molecule has 1 saturated heterocycles. The van der Waals surface area contributed by atoms with Crippen molar-refractivity contribution in [2.75, 3.05) is 18.0 Å². The van der Waals surface area contributed by atoms with Crippen LogP contribution < -0.4 is 10.6 Å². The molecule has 2 nitrogen and oxygen atoms in total. The molecule has 1 aromatic carbocycles. The molecule has 2 N–H and O–H groups in total. The van der Waals surface area contributed by atoms with Gasteiger partial charge in [-0.1, -0.05) is 18.2 Å². The molecule has 0 saturated carbocycles. The lowest BCUT2D eigenvalue weighted by atomic mass is 10.1. The molecule has 1 fully saturated rings. The molecule has 1 aromatic rings. The minimum atomic E-state index is 0. The van der Waals surface area contributed by atoms with Crippen molar-refractivity contribution in [3.8, 4) is 0 Å². The summed E-state index contributed by atoms with van der Waals surface area (Å²) in [6.07, 6.45) is 2.24. The number of rotatable bonds is 1. The molecule has 2 rings (SSSR count). The molecule has 4 heteroatoms. The van der Waals surface area contributed by atoms with Crippen molar-refractivity contribution >= 4 is 30.5 Å². The summed E-state index contributed by atoms with van der Waals surface area (Å²) >= 11 is 0. The molecule has 1 aliphatic heterocycles. The Balaban J connectivity index is 0.000000980. The van der Waals surface area contributed by atoms with Crippen LogP contribution >= 0.6 is 24.8 Å². The van der Waals surface area contributed by atoms with Crippen LogP contribution in [0.2, 0.25) is 0 Å². The number of hydrogen-bond donors (Lipinski definition) is 1. The molecule has 0 amide bonds. The van der Waals surface area contributed by atoms with E-state index in [4.69, 9.17) is 5.73 Å². The van der Waals surface area contributed by atoms with Gasteiger partial charge in [0.05, 0.1) is 0 Å². The summed E-state index contributed by atoms with van der Waals surface area (Å²) in [5.74, 6) is 0. The fourth-order valence-electron chi connectivity index (χ4n) is 1.80. The quantitative estimate of drug-likeness (QED) is 0.828. The Labute approximate surface area is 104 Å². The van der Waals surface area contributed by atoms with Gasteiger partial charge in [0.2, 0.25) is 0 Å². The zero-order chi connectivity index (χ0) is 9.10. The van der Waals surface area contributed by atoms with E-state index in [1.807, 2.05) is 0 Å². The average molecular weight is 249 g/mol. The van der Waals surface area contributed by atoms with Gasteiger partial charge in [-0.25, -0.2) is 0 Å². The lowest BCUT2D eigenvalue weighted by Gasteiger charge is -2.31. The van der Waals surface area contributed by atoms with Crippen molar-refractivity contribution in [3.63, 3.8) is 0 Å². The highest BCUT2D eigenvalue weighted by molar-refractivity contribution is 5.85. The van der Waals surface area contributed by atoms with E-state index in [1.165, 1.54) is 5.69 Å². The maximum absolute atomic E-state index is 5.85. The first-order chi connectivity index (χ1) is 6.36. The molecule has 1 heterocycles. The van der Waals surface area contributed by atoms with Gasteiger partial charge in [0.25, 0.3) is 0 Å². The lowest BCUT2D eigenvalue weighted by molar-refractivity contribution is 0.501. The van der Waals surface area contributed by atoms with Crippen molar-refractivity contribution in [1.82, 2.24) is 0 Å². The Morgan fingerprint density at radius 1 is 1.00 bits per heavy atom. The molecule has 86 valence electrons. The fraction of sp³-hybridized carbons (Fsp3) is 0.455. The molecule has 0 atom stereocenters. The maximum Gasteiger partial charge on any atom is 0.0366 e. The highest BCUT2D eigenvalue weighted by Gasteiger charge is 2.15. The van der Waals surface area contributed by atoms with Crippen molar-refractivity contribution < 1.29 is 0 Å². The van der Waals surface area contributed by atoms with Gasteiger partial charge in [0.1, 0.15) is 0 Å². The number of nitrogens with zero attached hydrogens (tertiary/aromatic N) is 1. The second-order valence-corrected chi connectivity index (χ2v) is 3.66. The van der Waals surface area contributed by atoms with E-state index in [1.54, 1.807) is 0 Å². The van der Waals surface area contributed by atoms with Gasteiger partial charge in [-0.15, -0.1) is 24.8 Å². The minimum absolute atomic E-state index is 0. The predicted molar refractivity (Wildman–Crippen MR) is 70.4 cm³/mol. The second-order valence-electron chi connectivity index (χ2n) is 3.66. The van der Waals surface area contributed by atoms with Crippen LogP contribution in [0.15, 0.2) is 30.3 Å². The van der Waals surface area contributed by atoms with Crippen LogP contribution in [0.3, 0.4) is 0 Å². The smallest absolute Gasteiger partial charge is 0.0366 e. The zero-order valence-corrected chi connectivity index (χ0v) is 10.3. The van der Waals surface area contributed by atoms with Gasteiger partial charge >= 0.3 is 0 Å². The van der Waals surface area contributed by atoms with Crippen molar-refractivity contribution in [2.24, 2.45) is 5.73 Å². The summed E-state index contributed by atoms with van der Waals surface area (Å²) < 4.78 is 0. The van der Waals surface area contributed by atoms with Gasteiger partial charge in [0, 0.05) is 24.8 Å². The number of halogens is 2. The Bertz CT molecular complexity index is 259. The summed E-state index contributed by atoms with van der Waals surface area (Å²) in [7, 11) is 0. The van der Waals surface area contributed by atoms with Gasteiger partial charge in [-0.05, 0) is 25.0 Å². The van der Waals surface area contributed by atoms with Gasteiger partial charge < -0.3 is 10.6 Å². The van der Waals surface area contributed by atoms with Gasteiger partial charge in [0.15, 0.2) is 0 Å². The molecule has 0 bridgehead atoms. The first-order valence-electron chi connectivity index (χ1n) is 4.92. The van der Waals surface area contributed by atoms with Crippen LogP contribution in [-0.4, -0.2) is 19.1 Å². The van der Waals surface area contributed by atoms with Crippen LogP contribution in [0.4, 0.5) is 5.69 Å². The van der Waals surface area contributed by atoms with E-state index >= 15 is 0 Å². The van der Waals surface area contributed by atoms with Crippen LogP contribution in [0.25, 0.3) is 0 Å². The SMILES string of the molecule is Cl.Cl.NC1CCN(c2ccccc2)CC1. The average Bonchev–Trinajstić information content (AvgIpc) is 2.20. The van der Waals surface area contributed by atoms with Crippen molar-refractivity contribution in [1.29, 1.82) is 0 Å². The van der Waals surface area contributed by atoms with Gasteiger partial charge in [-0.3, -0.25) is 0 Å². The van der Waals surface area contributed by atoms with E-state index in [9.17, 15) is 0 Å². The third kappa shape index (κ3) is 3.90. The van der Waals surface area contributed by atoms with E-state index in [0.717, 1.165) is 25.9 Å². The monoisotopic (exact) mass is 248 g/mol. The highest BCUT2D eigenvalue weighted by atomic mass is 35.5. The summed E-state index contributed by atoms with van der Waals surface area (Å²) in [5, 5.41) is 0. The normalized spacial score (nSPS) is 16.5. The Morgan fingerprint density at radius 3 is 2.07 bits per heavy atom. The van der Waals surface area contributed by atoms with Crippen molar-refractivity contribution in [2.45, 2.75) is 18.9 Å². The third-order valence-corrected chi connectivity index (χ3v) is 2.66. The number of nitrogens with two attached hydrogens (primary N) is 1. The number of para-hydroxylation sites is 1. The highest BCUT2D eigenvalue weighted by Crippen LogP contribution is 2.18. The van der Waals surface area contributed by atoms with Crippen LogP contribution in [0.5, 0.6) is 0 Å². The first-order valence-corrected chi connectivity index (χ1v) is 4.92. The molecule has 0 aliphatic carbocycles. The van der Waals surface area contributed by atoms with E-state index in [0.29, 0.717) is 6.04 Å². The predicted octanol–water partition coefficient (Wildman–Crippen LogP) is 2.46. The number of hydrogen-bond acceptors (Lipinski definition) is 2. The summed E-state index contributed by atoms with van der Waals surface area (Å²) in [6, 6.07) is 11.0. The topological polar surface area (TPSA) is 29.3 Å². The molecule has 0 radical (unpaired) electrons. The third-order valence-electron chi connectivity index (χ3n) is 2.66. The molecule has 0 aromatic heterocycles. The summed E-state index contributed by atoms with van der Waals surface area (Å²) in [4.78, 5) is 2.41. The molecular weight excluding hydrogens is 231 g/mol. The molecule has 0 spiro atoms. The maximum atomic E-state index is 5.85. The number of anilines is 1. The van der Waals surface area contributed by atoms with Crippen LogP contribution in [0.1, 0.15) is 12.8 Å². The first kappa shape index (κ1) is 14.6. The van der Waals surface area contributed by atoms with E-state index in [2.05, 4.69) is 35.2 Å². The Kier molecular flexibility index (Phi) is 6.73. The molecule has 0 unspecified atom stereocenters. The lowest BCUT2D eigenvalue weighted by Crippen LogP contribution is -2.39. The number of benzene rings is 1. The second kappa shape index (κ2) is 6.94. The van der Waals surface area contributed by atoms with Gasteiger partial charge in [-0.2, -0.15) is 0 Å². The molecule has 15 heavy (non-hydrogen) atoms. The Hall–Kier alpha value is -0.440. The van der Waals surface area contributed by atoms with E-state index in [-0.39, 0.29) is 24.8 Å². The largest absolute Gasteiger partial charge is 0.371 e. The number of piperidine rings is 1. The summed E-state index contributed by atoms with van der Waals surface area (Å²) in [6.45, 7) is 2.20.